The number of piperazine rings is 1. The highest BCUT2D eigenvalue weighted by Crippen LogP contribution is 2.36. The average Bonchev–Trinajstić information content (AvgIpc) is 3.08. The molecule has 1 N–H and O–H groups in total. The van der Waals surface area contributed by atoms with E-state index in [1.54, 1.807) is 21.9 Å². The number of carbonyl (C=O) groups is 3. The first kappa shape index (κ1) is 21.3. The molecule has 8 nitrogen and oxygen atoms in total. The van der Waals surface area contributed by atoms with Gasteiger partial charge in [-0.1, -0.05) is 12.1 Å². The van der Waals surface area contributed by atoms with Crippen molar-refractivity contribution in [1.82, 2.24) is 24.9 Å². The second-order valence-corrected chi connectivity index (χ2v) is 8.20. The van der Waals surface area contributed by atoms with Crippen molar-refractivity contribution in [2.45, 2.75) is 19.4 Å². The molecule has 3 aliphatic heterocycles. The predicted molar refractivity (Wildman–Crippen MR) is 112 cm³/mol. The molecule has 9 heteroatoms. The second-order valence-electron chi connectivity index (χ2n) is 8.20. The van der Waals surface area contributed by atoms with Gasteiger partial charge >= 0.3 is 6.03 Å². The van der Waals surface area contributed by atoms with E-state index in [2.05, 4.69) is 10.2 Å². The Bertz CT molecular complexity index is 908. The lowest BCUT2D eigenvalue weighted by Crippen LogP contribution is -2.47. The fourth-order valence-electron chi connectivity index (χ4n) is 4.41. The molecule has 3 aliphatic rings. The van der Waals surface area contributed by atoms with Crippen LogP contribution in [-0.4, -0.2) is 90.3 Å². The lowest BCUT2D eigenvalue weighted by Gasteiger charge is -2.33. The molecule has 4 rings (SSSR count). The van der Waals surface area contributed by atoms with Crippen molar-refractivity contribution in [3.8, 4) is 0 Å². The Hall–Kier alpha value is -2.94. The van der Waals surface area contributed by atoms with Crippen LogP contribution in [0.2, 0.25) is 0 Å². The number of nitrogens with zero attached hydrogens (tertiary/aromatic N) is 4. The molecular weight excluding hydrogens is 401 g/mol. The van der Waals surface area contributed by atoms with E-state index in [4.69, 9.17) is 0 Å². The number of likely N-dealkylation sites (N-methyl/N-ethyl adjacent to an activating group) is 2. The first-order chi connectivity index (χ1) is 14.9. The van der Waals surface area contributed by atoms with Crippen LogP contribution < -0.4 is 5.32 Å². The van der Waals surface area contributed by atoms with Crippen LogP contribution in [0.15, 0.2) is 35.5 Å². The maximum absolute atomic E-state index is 13.4. The summed E-state index contributed by atoms with van der Waals surface area (Å²) >= 11 is 0. The van der Waals surface area contributed by atoms with E-state index < -0.39 is 6.04 Å². The molecule has 0 radical (unpaired) electrons. The minimum atomic E-state index is -0.628. The van der Waals surface area contributed by atoms with Gasteiger partial charge in [-0.25, -0.2) is 9.18 Å². The average molecular weight is 429 g/mol. The molecule has 31 heavy (non-hydrogen) atoms. The Morgan fingerprint density at radius 2 is 1.81 bits per heavy atom. The van der Waals surface area contributed by atoms with Crippen molar-refractivity contribution in [2.24, 2.45) is 0 Å². The summed E-state index contributed by atoms with van der Waals surface area (Å²) in [6.07, 6.45) is 0.255. The fourth-order valence-corrected chi connectivity index (χ4v) is 4.41. The molecule has 3 heterocycles. The van der Waals surface area contributed by atoms with Crippen LogP contribution in [0.1, 0.15) is 24.9 Å². The van der Waals surface area contributed by atoms with E-state index in [0.29, 0.717) is 49.6 Å². The summed E-state index contributed by atoms with van der Waals surface area (Å²) in [4.78, 5) is 45.8. The number of carbonyl (C=O) groups excluding carboxylic acids is 3. The Labute approximate surface area is 181 Å². The van der Waals surface area contributed by atoms with E-state index in [1.165, 1.54) is 12.1 Å². The molecule has 1 aromatic rings. The predicted octanol–water partition coefficient (Wildman–Crippen LogP) is 1.17. The quantitative estimate of drug-likeness (QED) is 0.763. The number of hydrogen-bond donors (Lipinski definition) is 1. The molecule has 0 aliphatic carbocycles. The number of halogens is 1. The number of urea groups is 1. The zero-order valence-electron chi connectivity index (χ0n) is 17.9. The van der Waals surface area contributed by atoms with Crippen molar-refractivity contribution in [3.63, 3.8) is 0 Å². The van der Waals surface area contributed by atoms with Crippen LogP contribution in [0.4, 0.5) is 9.18 Å². The summed E-state index contributed by atoms with van der Waals surface area (Å²) in [6, 6.07) is 4.90. The lowest BCUT2D eigenvalue weighted by molar-refractivity contribution is -0.133. The normalized spacial score (nSPS) is 22.2. The minimum Gasteiger partial charge on any atom is -0.340 e. The summed E-state index contributed by atoms with van der Waals surface area (Å²) in [6.45, 7) is 5.99. The summed E-state index contributed by atoms with van der Waals surface area (Å²) in [5.41, 5.74) is 1.82. The van der Waals surface area contributed by atoms with Gasteiger partial charge in [0, 0.05) is 45.7 Å². The van der Waals surface area contributed by atoms with Gasteiger partial charge in [-0.15, -0.1) is 0 Å². The highest BCUT2D eigenvalue weighted by atomic mass is 19.1. The summed E-state index contributed by atoms with van der Waals surface area (Å²) in [5, 5.41) is 2.88. The van der Waals surface area contributed by atoms with Crippen molar-refractivity contribution >= 4 is 17.8 Å². The van der Waals surface area contributed by atoms with Crippen molar-refractivity contribution in [2.75, 3.05) is 52.9 Å². The standard InChI is InChI=1S/C22H28FN5O3/c1-3-28-17-14-27(9-8-18(29)26-12-10-25(2)11-13-26)21(30)19(17)20(24-22(28)31)15-4-6-16(23)7-5-15/h4-7,20H,3,8-14H2,1-2H3,(H,24,31). The second kappa shape index (κ2) is 8.66. The SMILES string of the molecule is CCN1C(=O)NC(c2ccc(F)cc2)C2=C1CN(CCC(=O)N1CCN(C)CC1)C2=O. The number of nitrogens with one attached hydrogen (secondary N) is 1. The van der Waals surface area contributed by atoms with Crippen LogP contribution in [-0.2, 0) is 9.59 Å². The van der Waals surface area contributed by atoms with Crippen LogP contribution in [0, 0.1) is 5.82 Å². The van der Waals surface area contributed by atoms with Crippen molar-refractivity contribution in [1.29, 1.82) is 0 Å². The van der Waals surface area contributed by atoms with E-state index in [1.807, 2.05) is 18.9 Å². The molecule has 1 aromatic carbocycles. The van der Waals surface area contributed by atoms with E-state index >= 15 is 0 Å². The molecule has 166 valence electrons. The highest BCUT2D eigenvalue weighted by molar-refractivity contribution is 6.01. The van der Waals surface area contributed by atoms with Crippen LogP contribution in [0.5, 0.6) is 0 Å². The topological polar surface area (TPSA) is 76.2 Å². The molecule has 0 spiro atoms. The molecule has 1 saturated heterocycles. The molecule has 1 unspecified atom stereocenters. The van der Waals surface area contributed by atoms with E-state index in [0.717, 1.165) is 13.1 Å². The molecule has 0 bridgehead atoms. The maximum atomic E-state index is 13.4. The van der Waals surface area contributed by atoms with Crippen LogP contribution in [0.25, 0.3) is 0 Å². The largest absolute Gasteiger partial charge is 0.340 e. The van der Waals surface area contributed by atoms with Crippen molar-refractivity contribution in [3.05, 3.63) is 46.9 Å². The Morgan fingerprint density at radius 1 is 1.13 bits per heavy atom. The third kappa shape index (κ3) is 4.14. The van der Waals surface area contributed by atoms with Gasteiger partial charge in [0.25, 0.3) is 5.91 Å². The summed E-state index contributed by atoms with van der Waals surface area (Å²) in [5.74, 6) is -0.520. The van der Waals surface area contributed by atoms with Gasteiger partial charge < -0.3 is 20.0 Å². The van der Waals surface area contributed by atoms with Gasteiger partial charge in [-0.05, 0) is 31.7 Å². The number of benzene rings is 1. The molecule has 4 amide bonds. The molecule has 1 atom stereocenters. The third-order valence-corrected chi connectivity index (χ3v) is 6.27. The zero-order valence-corrected chi connectivity index (χ0v) is 17.9. The first-order valence-corrected chi connectivity index (χ1v) is 10.7. The van der Waals surface area contributed by atoms with Crippen LogP contribution in [0.3, 0.4) is 0 Å². The molecular formula is C22H28FN5O3. The fraction of sp³-hybridized carbons (Fsp3) is 0.500. The van der Waals surface area contributed by atoms with Gasteiger partial charge in [0.05, 0.1) is 23.9 Å². The Morgan fingerprint density at radius 3 is 2.45 bits per heavy atom. The summed E-state index contributed by atoms with van der Waals surface area (Å²) < 4.78 is 13.4. The van der Waals surface area contributed by atoms with Gasteiger partial charge in [0.15, 0.2) is 0 Å². The van der Waals surface area contributed by atoms with Gasteiger partial charge in [0.2, 0.25) is 5.91 Å². The van der Waals surface area contributed by atoms with Gasteiger partial charge in [-0.2, -0.15) is 0 Å². The van der Waals surface area contributed by atoms with Crippen molar-refractivity contribution < 1.29 is 18.8 Å². The Kier molecular flexibility index (Phi) is 5.95. The highest BCUT2D eigenvalue weighted by Gasteiger charge is 2.43. The molecule has 0 saturated carbocycles. The lowest BCUT2D eigenvalue weighted by atomic mass is 9.95. The summed E-state index contributed by atoms with van der Waals surface area (Å²) in [7, 11) is 2.03. The third-order valence-electron chi connectivity index (χ3n) is 6.27. The monoisotopic (exact) mass is 429 g/mol. The van der Waals surface area contributed by atoms with Gasteiger partial charge in [0.1, 0.15) is 5.82 Å². The van der Waals surface area contributed by atoms with E-state index in [-0.39, 0.29) is 30.1 Å². The number of rotatable bonds is 5. The van der Waals surface area contributed by atoms with E-state index in [9.17, 15) is 18.8 Å². The van der Waals surface area contributed by atoms with Gasteiger partial charge in [-0.3, -0.25) is 14.5 Å². The maximum Gasteiger partial charge on any atom is 0.322 e. The zero-order chi connectivity index (χ0) is 22.1. The molecule has 0 aromatic heterocycles. The molecule has 1 fully saturated rings. The van der Waals surface area contributed by atoms with Crippen LogP contribution >= 0.6 is 0 Å². The number of amides is 4. The minimum absolute atomic E-state index is 0.0439. The first-order valence-electron chi connectivity index (χ1n) is 10.7. The Balaban J connectivity index is 1.49. The number of hydrogen-bond acceptors (Lipinski definition) is 4. The smallest absolute Gasteiger partial charge is 0.322 e.